The smallest absolute Gasteiger partial charge is 0.131 e. The van der Waals surface area contributed by atoms with Crippen molar-refractivity contribution in [3.63, 3.8) is 0 Å². The maximum atomic E-state index is 11.5. The Balaban J connectivity index is 2.17. The van der Waals surface area contributed by atoms with Gasteiger partial charge in [0.05, 0.1) is 0 Å². The summed E-state index contributed by atoms with van der Waals surface area (Å²) in [7, 11) is 0. The second-order valence-electron chi connectivity index (χ2n) is 5.07. The van der Waals surface area contributed by atoms with Gasteiger partial charge in [-0.3, -0.25) is 9.69 Å². The third-order valence-corrected chi connectivity index (χ3v) is 4.10. The summed E-state index contributed by atoms with van der Waals surface area (Å²) in [5.74, 6) is 0.272. The van der Waals surface area contributed by atoms with Crippen LogP contribution in [0.3, 0.4) is 0 Å². The molecule has 1 saturated heterocycles. The highest BCUT2D eigenvalue weighted by molar-refractivity contribution is 9.10. The number of halogens is 1. The molecule has 0 radical (unpaired) electrons. The zero-order valence-corrected chi connectivity index (χ0v) is 12.4. The van der Waals surface area contributed by atoms with Gasteiger partial charge in [-0.05, 0) is 50.6 Å². The maximum Gasteiger partial charge on any atom is 0.131 e. The quantitative estimate of drug-likeness (QED) is 0.839. The van der Waals surface area contributed by atoms with E-state index in [1.807, 2.05) is 0 Å². The molecule has 0 bridgehead atoms. The first kappa shape index (κ1) is 13.8. The minimum atomic E-state index is 0.260. The second kappa shape index (κ2) is 6.48. The van der Waals surface area contributed by atoms with Crippen molar-refractivity contribution in [2.75, 3.05) is 13.1 Å². The monoisotopic (exact) mass is 309 g/mol. The van der Waals surface area contributed by atoms with Crippen molar-refractivity contribution >= 4 is 21.7 Å². The summed E-state index contributed by atoms with van der Waals surface area (Å²) in [5, 5.41) is 0. The molecule has 1 aliphatic rings. The first-order chi connectivity index (χ1) is 8.66. The zero-order chi connectivity index (χ0) is 13.0. The van der Waals surface area contributed by atoms with Crippen LogP contribution >= 0.6 is 15.9 Å². The van der Waals surface area contributed by atoms with Gasteiger partial charge in [-0.15, -0.1) is 0 Å². The Labute approximate surface area is 117 Å². The number of carbonyl (C=O) groups excluding carboxylic acids is 1. The highest BCUT2D eigenvalue weighted by Crippen LogP contribution is 2.28. The lowest BCUT2D eigenvalue weighted by Gasteiger charge is -2.34. The number of likely N-dealkylation sites (tertiary alicyclic amines) is 1. The maximum absolute atomic E-state index is 11.5. The minimum Gasteiger partial charge on any atom is -0.300 e. The normalized spacial score (nSPS) is 18.6. The van der Waals surface area contributed by atoms with Gasteiger partial charge in [0.25, 0.3) is 0 Å². The zero-order valence-electron chi connectivity index (χ0n) is 10.9. The molecule has 1 unspecified atom stereocenters. The van der Waals surface area contributed by atoms with Gasteiger partial charge in [0.15, 0.2) is 0 Å². The van der Waals surface area contributed by atoms with Crippen molar-refractivity contribution in [3.05, 3.63) is 34.3 Å². The molecule has 18 heavy (non-hydrogen) atoms. The Morgan fingerprint density at radius 1 is 1.22 bits per heavy atom. The highest BCUT2D eigenvalue weighted by atomic mass is 79.9. The Hall–Kier alpha value is -0.670. The molecule has 1 heterocycles. The van der Waals surface area contributed by atoms with Crippen molar-refractivity contribution in [2.45, 2.75) is 38.6 Å². The Kier molecular flexibility index (Phi) is 4.95. The molecule has 98 valence electrons. The lowest BCUT2D eigenvalue weighted by molar-refractivity contribution is -0.118. The van der Waals surface area contributed by atoms with Gasteiger partial charge in [-0.1, -0.05) is 34.5 Å². The van der Waals surface area contributed by atoms with E-state index in [9.17, 15) is 4.79 Å². The highest BCUT2D eigenvalue weighted by Gasteiger charge is 2.23. The van der Waals surface area contributed by atoms with Gasteiger partial charge < -0.3 is 0 Å². The molecule has 1 atom stereocenters. The summed E-state index contributed by atoms with van der Waals surface area (Å²) in [6.45, 7) is 3.93. The Bertz CT molecular complexity index is 395. The van der Waals surface area contributed by atoms with Crippen LogP contribution in [0.4, 0.5) is 0 Å². The van der Waals surface area contributed by atoms with E-state index in [1.165, 1.54) is 24.8 Å². The average Bonchev–Trinajstić information content (AvgIpc) is 2.38. The molecule has 0 aliphatic carbocycles. The van der Waals surface area contributed by atoms with Crippen LogP contribution in [0.15, 0.2) is 28.7 Å². The van der Waals surface area contributed by atoms with Crippen LogP contribution in [0.2, 0.25) is 0 Å². The van der Waals surface area contributed by atoms with Gasteiger partial charge in [-0.25, -0.2) is 0 Å². The van der Waals surface area contributed by atoms with Crippen molar-refractivity contribution in [1.82, 2.24) is 4.90 Å². The number of piperidine rings is 1. The lowest BCUT2D eigenvalue weighted by atomic mass is 9.97. The molecule has 3 heteroatoms. The molecule has 0 saturated carbocycles. The fourth-order valence-electron chi connectivity index (χ4n) is 2.65. The first-order valence-electron chi connectivity index (χ1n) is 6.66. The van der Waals surface area contributed by atoms with E-state index < -0.39 is 0 Å². The van der Waals surface area contributed by atoms with E-state index in [4.69, 9.17) is 0 Å². The van der Waals surface area contributed by atoms with Gasteiger partial charge >= 0.3 is 0 Å². The molecular weight excluding hydrogens is 290 g/mol. The predicted molar refractivity (Wildman–Crippen MR) is 77.6 cm³/mol. The molecule has 1 fully saturated rings. The molecular formula is C15H20BrNO. The standard InChI is InChI=1S/C15H20BrNO/c1-12(18)11-15(17-9-3-2-4-10-17)13-5-7-14(16)8-6-13/h5-8,15H,2-4,9-11H2,1H3. The lowest BCUT2D eigenvalue weighted by Crippen LogP contribution is -2.34. The van der Waals surface area contributed by atoms with Crippen LogP contribution in [0.1, 0.15) is 44.2 Å². The molecule has 0 N–H and O–H groups in total. The SMILES string of the molecule is CC(=O)CC(c1ccc(Br)cc1)N1CCCCC1. The van der Waals surface area contributed by atoms with Gasteiger partial charge in [0.1, 0.15) is 5.78 Å². The molecule has 0 spiro atoms. The molecule has 0 aromatic heterocycles. The van der Waals surface area contributed by atoms with Crippen LogP contribution in [0, 0.1) is 0 Å². The molecule has 1 aromatic rings. The molecule has 1 aromatic carbocycles. The molecule has 2 nitrogen and oxygen atoms in total. The largest absolute Gasteiger partial charge is 0.300 e. The van der Waals surface area contributed by atoms with Gasteiger partial charge in [0.2, 0.25) is 0 Å². The summed E-state index contributed by atoms with van der Waals surface area (Å²) < 4.78 is 1.09. The summed E-state index contributed by atoms with van der Waals surface area (Å²) in [4.78, 5) is 14.0. The predicted octanol–water partition coefficient (Wildman–Crippen LogP) is 3.96. The van der Waals surface area contributed by atoms with Gasteiger partial charge in [-0.2, -0.15) is 0 Å². The number of hydrogen-bond acceptors (Lipinski definition) is 2. The molecule has 1 aliphatic heterocycles. The molecule has 0 amide bonds. The minimum absolute atomic E-state index is 0.260. The van der Waals surface area contributed by atoms with E-state index in [2.05, 4.69) is 45.1 Å². The van der Waals surface area contributed by atoms with E-state index >= 15 is 0 Å². The van der Waals surface area contributed by atoms with E-state index in [-0.39, 0.29) is 11.8 Å². The number of rotatable bonds is 4. The second-order valence-corrected chi connectivity index (χ2v) is 5.99. The summed E-state index contributed by atoms with van der Waals surface area (Å²) in [6.07, 6.45) is 4.46. The van der Waals surface area contributed by atoms with E-state index in [0.29, 0.717) is 6.42 Å². The number of benzene rings is 1. The summed E-state index contributed by atoms with van der Waals surface area (Å²) >= 11 is 3.46. The Morgan fingerprint density at radius 3 is 2.39 bits per heavy atom. The first-order valence-corrected chi connectivity index (χ1v) is 7.45. The fraction of sp³-hybridized carbons (Fsp3) is 0.533. The summed E-state index contributed by atoms with van der Waals surface area (Å²) in [6, 6.07) is 8.65. The van der Waals surface area contributed by atoms with Crippen LogP contribution in [0.5, 0.6) is 0 Å². The van der Waals surface area contributed by atoms with Crippen molar-refractivity contribution in [3.8, 4) is 0 Å². The van der Waals surface area contributed by atoms with Gasteiger partial charge in [0, 0.05) is 16.9 Å². The number of hydrogen-bond donors (Lipinski definition) is 0. The van der Waals surface area contributed by atoms with Crippen LogP contribution in [0.25, 0.3) is 0 Å². The fourth-order valence-corrected chi connectivity index (χ4v) is 2.91. The van der Waals surface area contributed by atoms with Crippen LogP contribution < -0.4 is 0 Å². The Morgan fingerprint density at radius 2 is 1.83 bits per heavy atom. The van der Waals surface area contributed by atoms with Crippen molar-refractivity contribution in [1.29, 1.82) is 0 Å². The molecule has 2 rings (SSSR count). The number of carbonyl (C=O) groups is 1. The topological polar surface area (TPSA) is 20.3 Å². The van der Waals surface area contributed by atoms with Crippen molar-refractivity contribution in [2.24, 2.45) is 0 Å². The van der Waals surface area contributed by atoms with Crippen molar-refractivity contribution < 1.29 is 4.79 Å². The third kappa shape index (κ3) is 3.66. The van der Waals surface area contributed by atoms with E-state index in [1.54, 1.807) is 6.92 Å². The summed E-state index contributed by atoms with van der Waals surface area (Å²) in [5.41, 5.74) is 1.26. The third-order valence-electron chi connectivity index (χ3n) is 3.57. The van der Waals surface area contributed by atoms with Crippen LogP contribution in [-0.4, -0.2) is 23.8 Å². The number of Topliss-reactive ketones (excluding diaryl/α,β-unsaturated/α-hetero) is 1. The van der Waals surface area contributed by atoms with E-state index in [0.717, 1.165) is 17.6 Å². The van der Waals surface area contributed by atoms with Crippen LogP contribution in [-0.2, 0) is 4.79 Å². The number of ketones is 1. The average molecular weight is 310 g/mol. The number of nitrogens with zero attached hydrogens (tertiary/aromatic N) is 1.